The Morgan fingerprint density at radius 2 is 1.20 bits per heavy atom. The quantitative estimate of drug-likeness (QED) is 0.0810. The van der Waals surface area contributed by atoms with E-state index < -0.39 is 0 Å². The third-order valence-corrected chi connectivity index (χ3v) is 9.80. The van der Waals surface area contributed by atoms with Crippen LogP contribution in [0.5, 0.6) is 0 Å². The van der Waals surface area contributed by atoms with Crippen LogP contribution in [0.25, 0.3) is 29.6 Å². The highest BCUT2D eigenvalue weighted by molar-refractivity contribution is 8.76. The van der Waals surface area contributed by atoms with Gasteiger partial charge in [0, 0.05) is 60.8 Å². The van der Waals surface area contributed by atoms with Crippen LogP contribution in [0.2, 0.25) is 0 Å². The number of pyridine rings is 1. The van der Waals surface area contributed by atoms with Crippen molar-refractivity contribution in [3.05, 3.63) is 145 Å². The van der Waals surface area contributed by atoms with Gasteiger partial charge in [0.2, 0.25) is 0 Å². The first-order valence-electron chi connectivity index (χ1n) is 14.8. The molecule has 0 saturated heterocycles. The maximum absolute atomic E-state index is 4.12. The third kappa shape index (κ3) is 8.58. The Bertz CT molecular complexity index is 1720. The summed E-state index contributed by atoms with van der Waals surface area (Å²) in [5.41, 5.74) is 7.20. The number of allylic oxidation sites excluding steroid dienone is 2. The summed E-state index contributed by atoms with van der Waals surface area (Å²) in [6.07, 6.45) is 29.8. The lowest BCUT2D eigenvalue weighted by atomic mass is 10.1. The van der Waals surface area contributed by atoms with Gasteiger partial charge in [-0.15, -0.1) is 0 Å². The summed E-state index contributed by atoms with van der Waals surface area (Å²) in [5, 5.41) is 0. The van der Waals surface area contributed by atoms with Crippen molar-refractivity contribution in [2.75, 3.05) is 24.6 Å². The average Bonchev–Trinajstić information content (AvgIpc) is 3.82. The summed E-state index contributed by atoms with van der Waals surface area (Å²) >= 11 is 0. The molecule has 1 aliphatic heterocycles. The molecule has 5 aromatic rings. The summed E-state index contributed by atoms with van der Waals surface area (Å²) in [6.45, 7) is 3.17. The Hall–Kier alpha value is -4.40. The van der Waals surface area contributed by atoms with E-state index in [0.29, 0.717) is 0 Å². The highest BCUT2D eigenvalue weighted by Crippen LogP contribution is 2.21. The molecule has 0 bridgehead atoms. The molecule has 44 heavy (non-hydrogen) atoms. The molecule has 6 nitrogen and oxygen atoms in total. The molecule has 1 aliphatic rings. The van der Waals surface area contributed by atoms with Crippen LogP contribution < -0.4 is 4.57 Å². The van der Waals surface area contributed by atoms with Crippen LogP contribution in [0, 0.1) is 0 Å². The number of hydrogen-bond donors (Lipinski definition) is 0. The van der Waals surface area contributed by atoms with Crippen LogP contribution in [-0.4, -0.2) is 54.5 Å². The molecule has 2 aromatic carbocycles. The topological polar surface area (TPSA) is 42.5 Å². The van der Waals surface area contributed by atoms with E-state index in [2.05, 4.69) is 129 Å². The van der Waals surface area contributed by atoms with E-state index in [9.17, 15) is 0 Å². The van der Waals surface area contributed by atoms with Crippen molar-refractivity contribution in [2.45, 2.75) is 13.0 Å². The number of hydrogen-bond acceptors (Lipinski definition) is 4. The minimum Gasteiger partial charge on any atom is -0.306 e. The summed E-state index contributed by atoms with van der Waals surface area (Å²) < 4.78 is 8.71. The molecule has 220 valence electrons. The van der Waals surface area contributed by atoms with Crippen LogP contribution in [0.1, 0.15) is 23.1 Å². The van der Waals surface area contributed by atoms with Gasteiger partial charge in [-0.25, -0.2) is 19.1 Å². The molecule has 0 spiro atoms. The van der Waals surface area contributed by atoms with Crippen LogP contribution in [-0.2, 0) is 6.54 Å². The Labute approximate surface area is 267 Å². The van der Waals surface area contributed by atoms with Crippen molar-refractivity contribution in [3.8, 4) is 11.4 Å². The van der Waals surface area contributed by atoms with E-state index in [4.69, 9.17) is 0 Å². The SMILES string of the molecule is C1=C(/C=C/c2ccc(-n3ccnc3)cc2)CC[N+](CCSSCC[n+]2ccc(/C=C/c3ccc(-n4ccnc4)cc3)cc2)=C1. The average molecular weight is 617 g/mol. The lowest BCUT2D eigenvalue weighted by Crippen LogP contribution is -2.33. The molecule has 4 heterocycles. The van der Waals surface area contributed by atoms with Gasteiger partial charge >= 0.3 is 0 Å². The molecule has 8 heteroatoms. The van der Waals surface area contributed by atoms with E-state index in [0.717, 1.165) is 48.9 Å². The van der Waals surface area contributed by atoms with Crippen LogP contribution >= 0.6 is 21.6 Å². The van der Waals surface area contributed by atoms with Gasteiger partial charge in [0.15, 0.2) is 31.7 Å². The van der Waals surface area contributed by atoms with Crippen molar-refractivity contribution < 1.29 is 9.14 Å². The van der Waals surface area contributed by atoms with Crippen LogP contribution in [0.3, 0.4) is 0 Å². The van der Waals surface area contributed by atoms with Crippen molar-refractivity contribution >= 4 is 46.0 Å². The molecular weight excluding hydrogens is 581 g/mol. The standard InChI is InChI=1S/C36H36N6S2/c1(31-5-9-35(10-6-31)41-23-17-37-29-41)3-33-13-19-39(20-14-33)25-27-43-44-28-26-40-21-15-34(16-22-40)4-2-32-7-11-36(12-8-32)42-24-18-38-30-42/h1-15,17-21,23-24,29-30H,16,22,25-28H2/q+2. The van der Waals surface area contributed by atoms with Gasteiger partial charge in [-0.2, -0.15) is 0 Å². The molecule has 0 N–H and O–H groups in total. The Balaban J connectivity index is 0.867. The monoisotopic (exact) mass is 616 g/mol. The van der Waals surface area contributed by atoms with E-state index in [1.165, 1.54) is 22.3 Å². The van der Waals surface area contributed by atoms with Gasteiger partial charge < -0.3 is 9.13 Å². The second-order valence-electron chi connectivity index (χ2n) is 10.5. The third-order valence-electron chi connectivity index (χ3n) is 7.43. The minimum atomic E-state index is 1.01. The van der Waals surface area contributed by atoms with Gasteiger partial charge in [-0.3, -0.25) is 0 Å². The first-order valence-corrected chi connectivity index (χ1v) is 17.3. The second kappa shape index (κ2) is 15.4. The normalized spacial score (nSPS) is 13.5. The predicted octanol–water partition coefficient (Wildman–Crippen LogP) is 7.02. The van der Waals surface area contributed by atoms with Crippen LogP contribution in [0.4, 0.5) is 0 Å². The molecule has 0 amide bonds. The first kappa shape index (κ1) is 29.7. The predicted molar refractivity (Wildman–Crippen MR) is 185 cm³/mol. The summed E-state index contributed by atoms with van der Waals surface area (Å²) in [7, 11) is 3.93. The van der Waals surface area contributed by atoms with Crippen LogP contribution in [0.15, 0.2) is 128 Å². The fourth-order valence-corrected chi connectivity index (χ4v) is 6.82. The largest absolute Gasteiger partial charge is 0.306 e. The molecular formula is C36H36N6S2+2. The van der Waals surface area contributed by atoms with Crippen molar-refractivity contribution in [2.24, 2.45) is 0 Å². The zero-order valence-corrected chi connectivity index (χ0v) is 26.2. The summed E-state index contributed by atoms with van der Waals surface area (Å²) in [5.74, 6) is 2.22. The molecule has 0 atom stereocenters. The number of nitrogens with zero attached hydrogens (tertiary/aromatic N) is 6. The van der Waals surface area contributed by atoms with Gasteiger partial charge in [0.1, 0.15) is 6.54 Å². The fraction of sp³-hybridized carbons (Fsp3) is 0.167. The van der Waals surface area contributed by atoms with E-state index in [1.54, 1.807) is 12.4 Å². The lowest BCUT2D eigenvalue weighted by Gasteiger charge is -2.08. The molecule has 3 aromatic heterocycles. The van der Waals surface area contributed by atoms with E-state index in [-0.39, 0.29) is 0 Å². The summed E-state index contributed by atoms with van der Waals surface area (Å²) in [4.78, 5) is 8.23. The maximum Gasteiger partial charge on any atom is 0.169 e. The molecule has 0 aliphatic carbocycles. The minimum absolute atomic E-state index is 1.01. The highest BCUT2D eigenvalue weighted by Gasteiger charge is 2.10. The van der Waals surface area contributed by atoms with Gasteiger partial charge in [-0.1, -0.05) is 70.2 Å². The number of rotatable bonds is 13. The molecule has 0 fully saturated rings. The zero-order chi connectivity index (χ0) is 29.8. The van der Waals surface area contributed by atoms with E-state index in [1.807, 2.05) is 55.8 Å². The van der Waals surface area contributed by atoms with Gasteiger partial charge in [0.25, 0.3) is 0 Å². The smallest absolute Gasteiger partial charge is 0.169 e. The number of aromatic nitrogens is 5. The number of imidazole rings is 2. The molecule has 0 saturated carbocycles. The maximum atomic E-state index is 4.12. The van der Waals surface area contributed by atoms with E-state index >= 15 is 0 Å². The van der Waals surface area contributed by atoms with Gasteiger partial charge in [0.05, 0.1) is 24.2 Å². The van der Waals surface area contributed by atoms with Crippen molar-refractivity contribution in [1.82, 2.24) is 19.1 Å². The number of benzene rings is 2. The van der Waals surface area contributed by atoms with Crippen molar-refractivity contribution in [3.63, 3.8) is 0 Å². The molecule has 6 rings (SSSR count). The Morgan fingerprint density at radius 3 is 1.73 bits per heavy atom. The van der Waals surface area contributed by atoms with Crippen molar-refractivity contribution in [1.29, 1.82) is 0 Å². The number of aryl methyl sites for hydroxylation is 1. The lowest BCUT2D eigenvalue weighted by molar-refractivity contribution is -0.692. The second-order valence-corrected chi connectivity index (χ2v) is 13.2. The zero-order valence-electron chi connectivity index (χ0n) is 24.6. The molecule has 0 unspecified atom stereocenters. The summed E-state index contributed by atoms with van der Waals surface area (Å²) in [6, 6.07) is 21.4. The van der Waals surface area contributed by atoms with Gasteiger partial charge in [-0.05, 0) is 46.5 Å². The Morgan fingerprint density at radius 1 is 0.659 bits per heavy atom. The first-order chi connectivity index (χ1) is 21.8. The Kier molecular flexibility index (Phi) is 10.4. The fourth-order valence-electron chi connectivity index (χ4n) is 4.84. The highest BCUT2D eigenvalue weighted by atomic mass is 33.1. The molecule has 0 radical (unpaired) electrons.